The van der Waals surface area contributed by atoms with Gasteiger partial charge in [-0.25, -0.2) is 0 Å². The van der Waals surface area contributed by atoms with Gasteiger partial charge in [0.05, 0.1) is 41.3 Å². The molecule has 12 rings (SSSR count). The molecule has 12 aliphatic rings. The van der Waals surface area contributed by atoms with E-state index in [-0.39, 0.29) is 83.0 Å². The van der Waals surface area contributed by atoms with Crippen molar-refractivity contribution >= 4 is 29.8 Å². The molecule has 20 atom stereocenters. The minimum atomic E-state index is -6.58. The fourth-order valence-electron chi connectivity index (χ4n) is 18.4. The van der Waals surface area contributed by atoms with Gasteiger partial charge in [-0.15, -0.1) is 0 Å². The molecule has 534 valence electrons. The van der Waals surface area contributed by atoms with Crippen LogP contribution in [0.5, 0.6) is 0 Å². The molecule has 0 spiro atoms. The highest BCUT2D eigenvalue weighted by Gasteiger charge is 2.79. The van der Waals surface area contributed by atoms with Crippen molar-refractivity contribution in [3.63, 3.8) is 0 Å². The number of ether oxygens (including phenoxy) is 6. The summed E-state index contributed by atoms with van der Waals surface area (Å²) in [6.07, 6.45) is -20.9. The number of carbonyl (C=O) groups excluding carboxylic acids is 5. The van der Waals surface area contributed by atoms with Crippen molar-refractivity contribution in [2.75, 3.05) is 0 Å². The van der Waals surface area contributed by atoms with Gasteiger partial charge in [0.1, 0.15) is 23.4 Å². The number of hydrogen-bond donors (Lipinski definition) is 3. The highest BCUT2D eigenvalue weighted by Crippen LogP contribution is 2.71. The molecule has 3 heterocycles. The van der Waals surface area contributed by atoms with Crippen LogP contribution in [0, 0.1) is 112 Å². The van der Waals surface area contributed by atoms with E-state index in [2.05, 4.69) is 39.4 Å². The average Bonchev–Trinajstić information content (AvgIpc) is 1.60. The fraction of sp³-hybridized carbons (Fsp3) is 0.925. The molecule has 9 saturated carbocycles. The fourth-order valence-corrected chi connectivity index (χ4v) is 18.4. The Morgan fingerprint density at radius 2 is 0.968 bits per heavy atom. The molecule has 10 bridgehead atoms. The standard InChI is InChI=1S/C20H32O2.C18H22F12O4.C16H26O3.C13H18O5/c1-5-20(22-19(21)12(4)11(2)3)10-15-9-16(20)18-14-7-6-13(8-14)17(15)18;1-7(2)8(3)12(31)34-11-5-9(13(32,15(19,20)21)16(22,23)24)4-10(6-11)14(33,17(25,26)27)18(28,29)30;1-10(2)11(3)14(17)19-16-7-12-4-13(8-16)6-15(18,5-12)9-16;1-5(2)6(3)12(14)17-10-8-4-7-9(16-8)11(10)18-13(7)15/h11-18H,5-10H2,1-4H3;7-11,32-33H,4-6H2,1-3H3;10-13,18H,4-9H2,1-3H3;5-11H,4H2,1-3H3. The van der Waals surface area contributed by atoms with E-state index in [0.717, 1.165) is 68.1 Å². The Labute approximate surface area is 537 Å². The summed E-state index contributed by atoms with van der Waals surface area (Å²) in [5.74, 6) is -2.98. The second-order valence-electron chi connectivity index (χ2n) is 31.5. The van der Waals surface area contributed by atoms with Crippen LogP contribution in [0.25, 0.3) is 0 Å². The van der Waals surface area contributed by atoms with Crippen LogP contribution in [0.2, 0.25) is 0 Å². The van der Waals surface area contributed by atoms with Gasteiger partial charge in [-0.2, -0.15) is 52.7 Å². The third-order valence-corrected chi connectivity index (χ3v) is 24.5. The molecular formula is C67H98F12O14. The van der Waals surface area contributed by atoms with Gasteiger partial charge in [0.2, 0.25) is 0 Å². The Hall–Kier alpha value is -3.65. The molecule has 26 heteroatoms. The normalized spacial score (nSPS) is 38.3. The first kappa shape index (κ1) is 75.1. The van der Waals surface area contributed by atoms with Gasteiger partial charge in [0, 0.05) is 24.2 Å². The lowest BCUT2D eigenvalue weighted by Crippen LogP contribution is -2.67. The van der Waals surface area contributed by atoms with Gasteiger partial charge in [0.15, 0.2) is 12.2 Å². The van der Waals surface area contributed by atoms with Crippen molar-refractivity contribution < 1.29 is 120 Å². The van der Waals surface area contributed by atoms with Crippen LogP contribution in [0.15, 0.2) is 0 Å². The molecule has 93 heavy (non-hydrogen) atoms. The summed E-state index contributed by atoms with van der Waals surface area (Å²) >= 11 is 0. The summed E-state index contributed by atoms with van der Waals surface area (Å²) in [6.45, 7) is 24.5. The molecule has 14 nitrogen and oxygen atoms in total. The highest BCUT2D eigenvalue weighted by atomic mass is 19.4. The first-order chi connectivity index (χ1) is 42.6. The summed E-state index contributed by atoms with van der Waals surface area (Å²) in [6, 6.07) is 0. The predicted molar refractivity (Wildman–Crippen MR) is 309 cm³/mol. The zero-order chi connectivity index (χ0) is 69.8. The van der Waals surface area contributed by atoms with Gasteiger partial charge >= 0.3 is 54.6 Å². The molecule has 20 unspecified atom stereocenters. The smallest absolute Gasteiger partial charge is 0.426 e. The summed E-state index contributed by atoms with van der Waals surface area (Å²) < 4.78 is 193. The second-order valence-corrected chi connectivity index (χ2v) is 31.5. The van der Waals surface area contributed by atoms with Crippen LogP contribution < -0.4 is 0 Å². The molecule has 0 aromatic carbocycles. The Balaban J connectivity index is 0.000000164. The van der Waals surface area contributed by atoms with Crippen molar-refractivity contribution in [2.45, 2.75) is 276 Å². The first-order valence-corrected chi connectivity index (χ1v) is 33.7. The zero-order valence-electron chi connectivity index (χ0n) is 55.5. The topological polar surface area (TPSA) is 201 Å². The molecule has 9 aliphatic carbocycles. The monoisotopic (exact) mass is 1350 g/mol. The molecule has 0 amide bonds. The largest absolute Gasteiger partial charge is 0.462 e. The maximum absolute atomic E-state index is 13.3. The van der Waals surface area contributed by atoms with Crippen LogP contribution >= 0.6 is 0 Å². The zero-order valence-corrected chi connectivity index (χ0v) is 55.5. The average molecular weight is 1360 g/mol. The molecule has 3 N–H and O–H groups in total. The summed E-state index contributed by atoms with van der Waals surface area (Å²) in [4.78, 5) is 60.5. The predicted octanol–water partition coefficient (Wildman–Crippen LogP) is 13.8. The van der Waals surface area contributed by atoms with Crippen molar-refractivity contribution in [3.05, 3.63) is 0 Å². The molecular weight excluding hydrogens is 1260 g/mol. The maximum atomic E-state index is 13.3. The van der Waals surface area contributed by atoms with Gasteiger partial charge in [-0.05, 0) is 161 Å². The number of alkyl halides is 12. The van der Waals surface area contributed by atoms with Crippen molar-refractivity contribution in [2.24, 2.45) is 112 Å². The van der Waals surface area contributed by atoms with E-state index in [0.29, 0.717) is 42.4 Å². The number of carbonyl (C=O) groups is 5. The summed E-state index contributed by atoms with van der Waals surface area (Å²) in [5, 5.41) is 29.9. The lowest BCUT2D eigenvalue weighted by Gasteiger charge is -2.59. The van der Waals surface area contributed by atoms with Crippen LogP contribution in [0.1, 0.15) is 193 Å². The molecule has 3 saturated heterocycles. The minimum absolute atomic E-state index is 0.0263. The van der Waals surface area contributed by atoms with E-state index in [1.54, 1.807) is 0 Å². The van der Waals surface area contributed by atoms with Gasteiger partial charge in [0.25, 0.3) is 11.2 Å². The Morgan fingerprint density at radius 3 is 1.41 bits per heavy atom. The number of rotatable bonds is 15. The maximum Gasteiger partial charge on any atom is 0.426 e. The van der Waals surface area contributed by atoms with Crippen molar-refractivity contribution in [3.8, 4) is 0 Å². The molecule has 3 aliphatic heterocycles. The summed E-state index contributed by atoms with van der Waals surface area (Å²) in [5.41, 5.74) is -12.5. The van der Waals surface area contributed by atoms with E-state index in [1.165, 1.54) is 52.9 Å². The van der Waals surface area contributed by atoms with Crippen LogP contribution in [0.3, 0.4) is 0 Å². The number of hydrogen-bond acceptors (Lipinski definition) is 14. The van der Waals surface area contributed by atoms with Gasteiger partial charge in [-0.3, -0.25) is 24.0 Å². The SMILES string of the molecule is CC(C)C(C)C(=O)OC12CC3CC(CC(O)(C3)C1)C2.CC(C)C(C)C(=O)OC1C2CC3C(=O)OC1C3O2.CC(C)C(C)C(=O)OC1CC(C(O)(C(F)(F)F)C(F)(F)F)CC(C(O)(C(F)(F)F)C(F)(F)F)C1.CCC1(OC(=O)C(C)C(C)C)CC2CC1C1C3CCC(C3)C21. The van der Waals surface area contributed by atoms with E-state index in [9.17, 15) is 92.0 Å². The van der Waals surface area contributed by atoms with E-state index >= 15 is 0 Å². The van der Waals surface area contributed by atoms with Crippen molar-refractivity contribution in [1.29, 1.82) is 0 Å². The number of esters is 5. The third kappa shape index (κ3) is 14.2. The second kappa shape index (κ2) is 26.5. The lowest BCUT2D eigenvalue weighted by atomic mass is 9.52. The van der Waals surface area contributed by atoms with Crippen LogP contribution in [-0.4, -0.2) is 128 Å². The number of aliphatic hydroxyl groups is 3. The Morgan fingerprint density at radius 1 is 0.527 bits per heavy atom. The lowest BCUT2D eigenvalue weighted by molar-refractivity contribution is -0.405. The first-order valence-electron chi connectivity index (χ1n) is 33.7. The Kier molecular flexibility index (Phi) is 21.4. The summed E-state index contributed by atoms with van der Waals surface area (Å²) in [7, 11) is 0. The van der Waals surface area contributed by atoms with Gasteiger partial charge < -0.3 is 43.7 Å². The van der Waals surface area contributed by atoms with E-state index in [1.807, 2.05) is 34.6 Å². The molecule has 0 aromatic heterocycles. The Bertz CT molecular complexity index is 2600. The highest BCUT2D eigenvalue weighted by molar-refractivity contribution is 5.78. The minimum Gasteiger partial charge on any atom is -0.462 e. The van der Waals surface area contributed by atoms with Crippen LogP contribution in [-0.2, 0) is 52.4 Å². The van der Waals surface area contributed by atoms with Crippen molar-refractivity contribution in [1.82, 2.24) is 0 Å². The molecule has 0 aromatic rings. The number of halogens is 12. The molecule has 0 radical (unpaired) electrons. The third-order valence-electron chi connectivity index (χ3n) is 24.5. The van der Waals surface area contributed by atoms with E-state index < -0.39 is 103 Å². The molecule has 12 fully saturated rings. The van der Waals surface area contributed by atoms with Crippen LogP contribution in [0.4, 0.5) is 52.7 Å². The van der Waals surface area contributed by atoms with Gasteiger partial charge in [-0.1, -0.05) is 90.0 Å². The quantitative estimate of drug-likeness (QED) is 0.0605. The van der Waals surface area contributed by atoms with E-state index in [4.69, 9.17) is 23.7 Å². The number of fused-ring (bicyclic) bond motifs is 10.